The van der Waals surface area contributed by atoms with Crippen LogP contribution >= 0.6 is 0 Å². The molecule has 4 N–H and O–H groups in total. The molecule has 0 aliphatic carbocycles. The fourth-order valence-corrected chi connectivity index (χ4v) is 6.35. The third kappa shape index (κ3) is 9.04. The van der Waals surface area contributed by atoms with E-state index in [1.54, 1.807) is 22.2 Å². The van der Waals surface area contributed by atoms with Crippen LogP contribution in [0, 0.1) is 0 Å². The summed E-state index contributed by atoms with van der Waals surface area (Å²) in [5.41, 5.74) is 6.57. The Balaban J connectivity index is 1.09. The van der Waals surface area contributed by atoms with Gasteiger partial charge in [-0.25, -0.2) is 19.6 Å². The zero-order valence-electron chi connectivity index (χ0n) is 30.4. The molecule has 1 atom stereocenters. The lowest BCUT2D eigenvalue weighted by Crippen LogP contribution is -2.44. The Labute approximate surface area is 312 Å². The SMILES string of the molecule is COC(=O)NCC(=O)N(Cc1ncc(-c2ccc(-c3ccc(-c4cnc([C@@H]5CCCN5C(=O)CNC(=O)OC)[nH]4)cc3)cc2)[nH]1)CN(C)c1ccccc1. The number of hydrogen-bond donors (Lipinski definition) is 4. The molecule has 4 amide bonds. The van der Waals surface area contributed by atoms with Crippen LogP contribution in [0.4, 0.5) is 15.3 Å². The Bertz CT molecular complexity index is 2050. The van der Waals surface area contributed by atoms with E-state index in [1.165, 1.54) is 14.2 Å². The summed E-state index contributed by atoms with van der Waals surface area (Å²) in [6.45, 7) is 0.729. The number of rotatable bonds is 13. The number of nitrogens with one attached hydrogen (secondary N) is 4. The first-order valence-corrected chi connectivity index (χ1v) is 17.5. The number of carbonyl (C=O) groups excluding carboxylic acids is 4. The Morgan fingerprint density at radius 1 is 0.778 bits per heavy atom. The van der Waals surface area contributed by atoms with Crippen molar-refractivity contribution in [1.82, 2.24) is 40.4 Å². The van der Waals surface area contributed by atoms with Crippen LogP contribution < -0.4 is 15.5 Å². The van der Waals surface area contributed by atoms with Crippen LogP contribution in [-0.2, 0) is 25.6 Å². The Morgan fingerprint density at radius 3 is 1.98 bits per heavy atom. The van der Waals surface area contributed by atoms with E-state index in [4.69, 9.17) is 0 Å². The van der Waals surface area contributed by atoms with E-state index < -0.39 is 12.2 Å². The van der Waals surface area contributed by atoms with Gasteiger partial charge in [-0.1, -0.05) is 66.7 Å². The highest BCUT2D eigenvalue weighted by Crippen LogP contribution is 2.32. The molecule has 0 radical (unpaired) electrons. The van der Waals surface area contributed by atoms with Crippen molar-refractivity contribution in [3.8, 4) is 33.6 Å². The summed E-state index contributed by atoms with van der Waals surface area (Å²) in [5, 5.41) is 4.92. The number of ether oxygens (including phenoxy) is 2. The summed E-state index contributed by atoms with van der Waals surface area (Å²) in [6.07, 6.45) is 3.84. The molecule has 1 aliphatic heterocycles. The van der Waals surface area contributed by atoms with Gasteiger partial charge in [-0.15, -0.1) is 0 Å². The van der Waals surface area contributed by atoms with E-state index in [2.05, 4.69) is 52.2 Å². The van der Waals surface area contributed by atoms with Gasteiger partial charge >= 0.3 is 12.2 Å². The molecule has 15 heteroatoms. The number of aromatic nitrogens is 4. The number of amides is 4. The highest BCUT2D eigenvalue weighted by molar-refractivity contribution is 5.83. The van der Waals surface area contributed by atoms with Crippen molar-refractivity contribution in [3.63, 3.8) is 0 Å². The maximum absolute atomic E-state index is 13.2. The second-order valence-corrected chi connectivity index (χ2v) is 12.8. The van der Waals surface area contributed by atoms with Gasteiger partial charge in [0.1, 0.15) is 24.7 Å². The largest absolute Gasteiger partial charge is 0.453 e. The molecule has 1 saturated heterocycles. The van der Waals surface area contributed by atoms with Crippen LogP contribution in [0.3, 0.4) is 0 Å². The van der Waals surface area contributed by atoms with Crippen LogP contribution in [-0.4, -0.2) is 101 Å². The maximum atomic E-state index is 13.2. The number of methoxy groups -OCH3 is 2. The monoisotopic (exact) mass is 733 g/mol. The van der Waals surface area contributed by atoms with E-state index in [9.17, 15) is 19.2 Å². The van der Waals surface area contributed by atoms with Gasteiger partial charge in [0.25, 0.3) is 0 Å². The number of likely N-dealkylation sites (tertiary alicyclic amines) is 1. The summed E-state index contributed by atoms with van der Waals surface area (Å²) in [7, 11) is 4.40. The average Bonchev–Trinajstić information content (AvgIpc) is 4.01. The molecule has 3 aromatic carbocycles. The summed E-state index contributed by atoms with van der Waals surface area (Å²) in [5.74, 6) is 0.840. The summed E-state index contributed by atoms with van der Waals surface area (Å²) >= 11 is 0. The first-order chi connectivity index (χ1) is 26.2. The zero-order chi connectivity index (χ0) is 38.0. The van der Waals surface area contributed by atoms with E-state index in [-0.39, 0.29) is 44.2 Å². The topological polar surface area (TPSA) is 178 Å². The molecule has 1 aliphatic rings. The fourth-order valence-electron chi connectivity index (χ4n) is 6.35. The molecule has 15 nitrogen and oxygen atoms in total. The minimum absolute atomic E-state index is 0.129. The summed E-state index contributed by atoms with van der Waals surface area (Å²) < 4.78 is 9.20. The number of carbonyl (C=O) groups is 4. The van der Waals surface area contributed by atoms with Crippen LogP contribution in [0.2, 0.25) is 0 Å². The predicted octanol–water partition coefficient (Wildman–Crippen LogP) is 4.93. The molecule has 54 heavy (non-hydrogen) atoms. The van der Waals surface area contributed by atoms with Crippen molar-refractivity contribution in [2.75, 3.05) is 52.5 Å². The van der Waals surface area contributed by atoms with Gasteiger partial charge in [-0.2, -0.15) is 0 Å². The van der Waals surface area contributed by atoms with Crippen molar-refractivity contribution in [2.45, 2.75) is 25.4 Å². The molecule has 5 aromatic rings. The highest BCUT2D eigenvalue weighted by Gasteiger charge is 2.32. The molecule has 280 valence electrons. The standard InChI is InChI=1S/C39H43N9O6/c1-46(30-8-5-4-6-9-30)25-47(35(49)22-42-38(51)53-2)24-34-40-20-31(44-34)28-15-11-26(12-16-28)27-13-17-29(18-14-27)32-21-41-37(45-32)33-10-7-19-48(33)36(50)23-43-39(52)54-3/h4-6,8-9,11-18,20-21,33H,7,10,19,22-25H2,1-3H3,(H,40,44)(H,41,45)(H,42,51)(H,43,52)/t33-/m0/s1. The van der Waals surface area contributed by atoms with E-state index in [1.807, 2.05) is 78.7 Å². The van der Waals surface area contributed by atoms with Gasteiger partial charge in [0.15, 0.2) is 0 Å². The number of anilines is 1. The summed E-state index contributed by atoms with van der Waals surface area (Å²) in [6, 6.07) is 25.8. The van der Waals surface area contributed by atoms with Gasteiger partial charge in [0.05, 0.1) is 57.3 Å². The van der Waals surface area contributed by atoms with Gasteiger partial charge in [-0.3, -0.25) is 9.59 Å². The van der Waals surface area contributed by atoms with Crippen LogP contribution in [0.15, 0.2) is 91.3 Å². The molecule has 1 fully saturated rings. The van der Waals surface area contributed by atoms with Gasteiger partial charge < -0.3 is 44.8 Å². The third-order valence-electron chi connectivity index (χ3n) is 9.25. The van der Waals surface area contributed by atoms with Crippen molar-refractivity contribution >= 4 is 29.7 Å². The number of imidazole rings is 2. The second-order valence-electron chi connectivity index (χ2n) is 12.8. The normalized spacial score (nSPS) is 13.6. The lowest BCUT2D eigenvalue weighted by molar-refractivity contribution is -0.131. The lowest BCUT2D eigenvalue weighted by atomic mass is 10.0. The van der Waals surface area contributed by atoms with E-state index >= 15 is 0 Å². The predicted molar refractivity (Wildman–Crippen MR) is 202 cm³/mol. The van der Waals surface area contributed by atoms with Crippen LogP contribution in [0.25, 0.3) is 33.6 Å². The summed E-state index contributed by atoms with van der Waals surface area (Å²) in [4.78, 5) is 70.2. The number of H-pyrrole nitrogens is 2. The molecule has 0 saturated carbocycles. The molecule has 0 unspecified atom stereocenters. The van der Waals surface area contributed by atoms with E-state index in [0.29, 0.717) is 18.2 Å². The van der Waals surface area contributed by atoms with E-state index in [0.717, 1.165) is 52.2 Å². The Hall–Kier alpha value is -6.64. The first kappa shape index (κ1) is 37.1. The zero-order valence-corrected chi connectivity index (χ0v) is 30.4. The fraction of sp³-hybridized carbons (Fsp3) is 0.282. The molecular weight excluding hydrogens is 690 g/mol. The average molecular weight is 734 g/mol. The minimum atomic E-state index is -0.679. The molecule has 6 rings (SSSR count). The first-order valence-electron chi connectivity index (χ1n) is 17.5. The van der Waals surface area contributed by atoms with Gasteiger partial charge in [0, 0.05) is 19.3 Å². The second kappa shape index (κ2) is 17.3. The lowest BCUT2D eigenvalue weighted by Gasteiger charge is -2.29. The smallest absolute Gasteiger partial charge is 0.407 e. The molecule has 2 aromatic heterocycles. The van der Waals surface area contributed by atoms with Crippen molar-refractivity contribution in [3.05, 3.63) is 103 Å². The maximum Gasteiger partial charge on any atom is 0.407 e. The van der Waals surface area contributed by atoms with Crippen LogP contribution in [0.1, 0.15) is 30.5 Å². The van der Waals surface area contributed by atoms with Crippen molar-refractivity contribution in [2.24, 2.45) is 0 Å². The Kier molecular flexibility index (Phi) is 11.9. The van der Waals surface area contributed by atoms with Gasteiger partial charge in [0.2, 0.25) is 11.8 Å². The van der Waals surface area contributed by atoms with Crippen molar-refractivity contribution in [1.29, 1.82) is 0 Å². The van der Waals surface area contributed by atoms with Crippen molar-refractivity contribution < 1.29 is 28.7 Å². The number of para-hydroxylation sites is 1. The molecule has 0 spiro atoms. The number of aromatic amines is 2. The van der Waals surface area contributed by atoms with Gasteiger partial charge in [-0.05, 0) is 47.2 Å². The minimum Gasteiger partial charge on any atom is -0.453 e. The third-order valence-corrected chi connectivity index (χ3v) is 9.25. The molecule has 3 heterocycles. The van der Waals surface area contributed by atoms with Crippen LogP contribution in [0.5, 0.6) is 0 Å². The number of nitrogens with zero attached hydrogens (tertiary/aromatic N) is 5. The number of benzene rings is 3. The number of hydrogen-bond acceptors (Lipinski definition) is 9. The quantitative estimate of drug-likeness (QED) is 0.122. The Morgan fingerprint density at radius 2 is 1.35 bits per heavy atom. The molecule has 0 bridgehead atoms. The molecular formula is C39H43N9O6. The number of alkyl carbamates (subject to hydrolysis) is 2. The highest BCUT2D eigenvalue weighted by atomic mass is 16.5.